The van der Waals surface area contributed by atoms with Crippen LogP contribution in [0.15, 0.2) is 24.3 Å². The number of rotatable bonds is 1. The zero-order valence-corrected chi connectivity index (χ0v) is 8.49. The third-order valence-electron chi connectivity index (χ3n) is 2.31. The van der Waals surface area contributed by atoms with Gasteiger partial charge >= 0.3 is 0 Å². The summed E-state index contributed by atoms with van der Waals surface area (Å²) < 4.78 is 0. The Morgan fingerprint density at radius 1 is 1.20 bits per heavy atom. The summed E-state index contributed by atoms with van der Waals surface area (Å²) in [4.78, 5) is 24.4. The van der Waals surface area contributed by atoms with Crippen molar-refractivity contribution in [3.05, 3.63) is 29.8 Å². The monoisotopic (exact) mass is 204 g/mol. The Morgan fingerprint density at radius 2 is 1.87 bits per heavy atom. The van der Waals surface area contributed by atoms with Gasteiger partial charge in [0.05, 0.1) is 18.8 Å². The van der Waals surface area contributed by atoms with Gasteiger partial charge in [0.15, 0.2) is 0 Å². The summed E-state index contributed by atoms with van der Waals surface area (Å²) in [6.07, 6.45) is 0. The number of hydrogen-bond donors (Lipinski definition) is 1. The number of imide groups is 1. The van der Waals surface area contributed by atoms with E-state index in [1.807, 2.05) is 25.1 Å². The van der Waals surface area contributed by atoms with Crippen LogP contribution in [0.2, 0.25) is 0 Å². The number of nitrogens with zero attached hydrogens (tertiary/aromatic N) is 1. The van der Waals surface area contributed by atoms with Gasteiger partial charge in [0.25, 0.3) is 0 Å². The lowest BCUT2D eigenvalue weighted by Crippen LogP contribution is -2.52. The van der Waals surface area contributed by atoms with Gasteiger partial charge in [-0.1, -0.05) is 12.1 Å². The molecule has 1 aromatic carbocycles. The molecule has 15 heavy (non-hydrogen) atoms. The average molecular weight is 204 g/mol. The van der Waals surface area contributed by atoms with Crippen LogP contribution in [-0.4, -0.2) is 24.9 Å². The first-order valence-electron chi connectivity index (χ1n) is 4.81. The highest BCUT2D eigenvalue weighted by molar-refractivity contribution is 6.17. The molecule has 0 bridgehead atoms. The Hall–Kier alpha value is -1.68. The van der Waals surface area contributed by atoms with E-state index in [0.29, 0.717) is 5.69 Å². The first-order valence-corrected chi connectivity index (χ1v) is 4.81. The molecule has 78 valence electrons. The molecule has 1 heterocycles. The van der Waals surface area contributed by atoms with Crippen LogP contribution in [0.3, 0.4) is 0 Å². The van der Waals surface area contributed by atoms with E-state index in [9.17, 15) is 9.59 Å². The minimum absolute atomic E-state index is 0.197. The van der Waals surface area contributed by atoms with Crippen LogP contribution >= 0.6 is 0 Å². The Labute approximate surface area is 87.9 Å². The van der Waals surface area contributed by atoms with Gasteiger partial charge in [-0.3, -0.25) is 14.9 Å². The minimum Gasteiger partial charge on any atom is -0.300 e. The minimum atomic E-state index is -0.197. The molecule has 0 saturated carbocycles. The van der Waals surface area contributed by atoms with Crippen LogP contribution < -0.4 is 10.2 Å². The first kappa shape index (κ1) is 9.86. The molecule has 1 N–H and O–H groups in total. The molecule has 4 heteroatoms. The molecule has 1 aliphatic heterocycles. The maximum atomic E-state index is 11.6. The molecule has 0 aliphatic carbocycles. The number of benzene rings is 1. The fourth-order valence-electron chi connectivity index (χ4n) is 1.63. The zero-order chi connectivity index (χ0) is 10.8. The van der Waals surface area contributed by atoms with Gasteiger partial charge in [0.2, 0.25) is 11.8 Å². The number of hydrogen-bond acceptors (Lipinski definition) is 3. The molecule has 1 aromatic rings. The third-order valence-corrected chi connectivity index (χ3v) is 2.31. The highest BCUT2D eigenvalue weighted by Gasteiger charge is 2.26. The zero-order valence-electron chi connectivity index (χ0n) is 8.49. The lowest BCUT2D eigenvalue weighted by Gasteiger charge is -2.25. The van der Waals surface area contributed by atoms with Crippen molar-refractivity contribution in [2.45, 2.75) is 6.92 Å². The number of carbonyl (C=O) groups is 2. The van der Waals surface area contributed by atoms with Crippen LogP contribution in [0.25, 0.3) is 0 Å². The molecule has 0 radical (unpaired) electrons. The molecule has 0 aromatic heterocycles. The topological polar surface area (TPSA) is 49.4 Å². The van der Waals surface area contributed by atoms with Gasteiger partial charge in [-0.05, 0) is 24.6 Å². The predicted molar refractivity (Wildman–Crippen MR) is 56.5 cm³/mol. The molecule has 2 rings (SSSR count). The summed E-state index contributed by atoms with van der Waals surface area (Å²) in [7, 11) is 0. The van der Waals surface area contributed by atoms with E-state index in [4.69, 9.17) is 0 Å². The lowest BCUT2D eigenvalue weighted by molar-refractivity contribution is -0.127. The third kappa shape index (κ3) is 1.89. The number of anilines is 1. The molecule has 0 atom stereocenters. The quantitative estimate of drug-likeness (QED) is 0.676. The second kappa shape index (κ2) is 3.82. The molecular weight excluding hydrogens is 192 g/mol. The van der Waals surface area contributed by atoms with E-state index in [1.165, 1.54) is 4.90 Å². The van der Waals surface area contributed by atoms with Gasteiger partial charge in [-0.25, -0.2) is 4.90 Å². The van der Waals surface area contributed by atoms with Crippen LogP contribution in [0, 0.1) is 6.92 Å². The average Bonchev–Trinajstić information content (AvgIpc) is 2.17. The van der Waals surface area contributed by atoms with Crippen molar-refractivity contribution in [3.63, 3.8) is 0 Å². The Morgan fingerprint density at radius 3 is 2.47 bits per heavy atom. The number of piperazine rings is 1. The van der Waals surface area contributed by atoms with E-state index in [-0.39, 0.29) is 24.9 Å². The Balaban J connectivity index is 2.35. The largest absolute Gasteiger partial charge is 0.300 e. The maximum absolute atomic E-state index is 11.6. The number of amides is 2. The fourth-order valence-corrected chi connectivity index (χ4v) is 1.63. The van der Waals surface area contributed by atoms with Crippen molar-refractivity contribution in [2.24, 2.45) is 0 Å². The number of aryl methyl sites for hydroxylation is 1. The highest BCUT2D eigenvalue weighted by Crippen LogP contribution is 2.17. The number of carbonyl (C=O) groups excluding carboxylic acids is 2. The lowest BCUT2D eigenvalue weighted by atomic mass is 10.2. The summed E-state index contributed by atoms with van der Waals surface area (Å²) in [5.74, 6) is -0.395. The van der Waals surface area contributed by atoms with Crippen molar-refractivity contribution < 1.29 is 9.59 Å². The molecule has 0 unspecified atom stereocenters. The van der Waals surface area contributed by atoms with Crippen molar-refractivity contribution in [3.8, 4) is 0 Å². The Bertz CT molecular complexity index is 399. The van der Waals surface area contributed by atoms with Gasteiger partial charge in [0, 0.05) is 0 Å². The van der Waals surface area contributed by atoms with Crippen LogP contribution in [-0.2, 0) is 9.59 Å². The van der Waals surface area contributed by atoms with Crippen LogP contribution in [0.5, 0.6) is 0 Å². The van der Waals surface area contributed by atoms with Crippen molar-refractivity contribution >= 4 is 17.5 Å². The second-order valence-electron chi connectivity index (χ2n) is 3.57. The molecular formula is C11H12N2O2. The van der Waals surface area contributed by atoms with E-state index in [1.54, 1.807) is 6.07 Å². The molecule has 1 aliphatic rings. The van der Waals surface area contributed by atoms with Crippen molar-refractivity contribution in [1.82, 2.24) is 5.32 Å². The second-order valence-corrected chi connectivity index (χ2v) is 3.57. The SMILES string of the molecule is Cc1cccc(N2C(=O)CNCC2=O)c1. The van der Waals surface area contributed by atoms with E-state index in [2.05, 4.69) is 5.32 Å². The summed E-state index contributed by atoms with van der Waals surface area (Å²) in [5, 5.41) is 2.76. The summed E-state index contributed by atoms with van der Waals surface area (Å²) in [6, 6.07) is 7.38. The molecule has 0 spiro atoms. The Kier molecular flexibility index (Phi) is 2.51. The first-order chi connectivity index (χ1) is 7.18. The van der Waals surface area contributed by atoms with Gasteiger partial charge in [-0.2, -0.15) is 0 Å². The smallest absolute Gasteiger partial charge is 0.247 e. The molecule has 1 fully saturated rings. The van der Waals surface area contributed by atoms with Gasteiger partial charge < -0.3 is 0 Å². The van der Waals surface area contributed by atoms with E-state index in [0.717, 1.165) is 5.56 Å². The fraction of sp³-hybridized carbons (Fsp3) is 0.273. The molecule has 1 saturated heterocycles. The summed E-state index contributed by atoms with van der Waals surface area (Å²) >= 11 is 0. The molecule has 2 amide bonds. The molecule has 4 nitrogen and oxygen atoms in total. The van der Waals surface area contributed by atoms with Gasteiger partial charge in [-0.15, -0.1) is 0 Å². The maximum Gasteiger partial charge on any atom is 0.247 e. The standard InChI is InChI=1S/C11H12N2O2/c1-8-3-2-4-9(5-8)13-10(14)6-12-7-11(13)15/h2-5,12H,6-7H2,1H3. The predicted octanol–water partition coefficient (Wildman–Crippen LogP) is 0.458. The van der Waals surface area contributed by atoms with Crippen LogP contribution in [0.1, 0.15) is 5.56 Å². The van der Waals surface area contributed by atoms with E-state index >= 15 is 0 Å². The normalized spacial score (nSPS) is 17.0. The number of nitrogens with one attached hydrogen (secondary N) is 1. The van der Waals surface area contributed by atoms with Crippen molar-refractivity contribution in [2.75, 3.05) is 18.0 Å². The van der Waals surface area contributed by atoms with Gasteiger partial charge in [0.1, 0.15) is 0 Å². The van der Waals surface area contributed by atoms with Crippen molar-refractivity contribution in [1.29, 1.82) is 0 Å². The van der Waals surface area contributed by atoms with Crippen LogP contribution in [0.4, 0.5) is 5.69 Å². The highest BCUT2D eigenvalue weighted by atomic mass is 16.2. The van der Waals surface area contributed by atoms with E-state index < -0.39 is 0 Å². The summed E-state index contributed by atoms with van der Waals surface area (Å²) in [6.45, 7) is 2.38. The summed E-state index contributed by atoms with van der Waals surface area (Å²) in [5.41, 5.74) is 1.69.